The number of nitrogens with zero attached hydrogens (tertiary/aromatic N) is 2. The van der Waals surface area contributed by atoms with Gasteiger partial charge in [0, 0.05) is 17.7 Å². The Hall–Kier alpha value is -2.67. The van der Waals surface area contributed by atoms with Gasteiger partial charge in [0.15, 0.2) is 0 Å². The highest BCUT2D eigenvalue weighted by atomic mass is 16.4. The number of aryl methyl sites for hydroxylation is 1. The summed E-state index contributed by atoms with van der Waals surface area (Å²) < 4.78 is 0. The number of nitrogens with two attached hydrogens (primary N) is 1. The number of unbranched alkanes of at least 4 members (excludes halogenated alkanes) is 1. The van der Waals surface area contributed by atoms with Gasteiger partial charge in [-0.1, -0.05) is 44.0 Å². The van der Waals surface area contributed by atoms with Crippen molar-refractivity contribution in [2.75, 3.05) is 17.7 Å². The zero-order chi connectivity index (χ0) is 20.7. The van der Waals surface area contributed by atoms with E-state index in [-0.39, 0.29) is 18.6 Å². The number of carbonyl (C=O) groups is 1. The van der Waals surface area contributed by atoms with Crippen LogP contribution >= 0.6 is 0 Å². The summed E-state index contributed by atoms with van der Waals surface area (Å²) in [6.07, 6.45) is 3.49. The second kappa shape index (κ2) is 10.0. The molecule has 7 heteroatoms. The van der Waals surface area contributed by atoms with Crippen molar-refractivity contribution in [2.24, 2.45) is 0 Å². The molecule has 2 aromatic rings. The second-order valence-corrected chi connectivity index (χ2v) is 7.14. The lowest BCUT2D eigenvalue weighted by Crippen LogP contribution is -2.25. The molecule has 7 nitrogen and oxygen atoms in total. The minimum Gasteiger partial charge on any atom is -0.481 e. The third-order valence-corrected chi connectivity index (χ3v) is 4.93. The van der Waals surface area contributed by atoms with Crippen molar-refractivity contribution in [2.45, 2.75) is 58.4 Å². The monoisotopic (exact) mass is 386 g/mol. The van der Waals surface area contributed by atoms with Gasteiger partial charge >= 0.3 is 5.97 Å². The van der Waals surface area contributed by atoms with Crippen LogP contribution in [0.1, 0.15) is 61.4 Å². The van der Waals surface area contributed by atoms with Crippen molar-refractivity contribution >= 4 is 17.7 Å². The van der Waals surface area contributed by atoms with E-state index < -0.39 is 11.9 Å². The van der Waals surface area contributed by atoms with Crippen LogP contribution < -0.4 is 11.1 Å². The summed E-state index contributed by atoms with van der Waals surface area (Å²) in [6, 6.07) is 7.44. The molecule has 1 unspecified atom stereocenters. The smallest absolute Gasteiger partial charge is 0.310 e. The van der Waals surface area contributed by atoms with E-state index in [1.54, 1.807) is 6.92 Å². The second-order valence-electron chi connectivity index (χ2n) is 7.14. The van der Waals surface area contributed by atoms with Gasteiger partial charge in [0.2, 0.25) is 5.95 Å². The molecule has 0 aliphatic carbocycles. The highest BCUT2D eigenvalue weighted by Gasteiger charge is 2.17. The number of nitrogens with one attached hydrogen (secondary N) is 1. The van der Waals surface area contributed by atoms with Gasteiger partial charge < -0.3 is 21.3 Å². The summed E-state index contributed by atoms with van der Waals surface area (Å²) in [7, 11) is 0. The maximum absolute atomic E-state index is 11.1. The van der Waals surface area contributed by atoms with Gasteiger partial charge in [-0.3, -0.25) is 4.79 Å². The topological polar surface area (TPSA) is 121 Å². The average molecular weight is 386 g/mol. The van der Waals surface area contributed by atoms with Crippen LogP contribution in [0.2, 0.25) is 0 Å². The van der Waals surface area contributed by atoms with Crippen LogP contribution in [-0.2, 0) is 11.2 Å². The van der Waals surface area contributed by atoms with Crippen LogP contribution in [-0.4, -0.2) is 38.8 Å². The van der Waals surface area contributed by atoms with Crippen LogP contribution in [0.3, 0.4) is 0 Å². The highest BCUT2D eigenvalue weighted by Crippen LogP contribution is 2.24. The highest BCUT2D eigenvalue weighted by molar-refractivity contribution is 5.75. The molecule has 2 rings (SSSR count). The van der Waals surface area contributed by atoms with Gasteiger partial charge in [0.1, 0.15) is 5.82 Å². The molecule has 28 heavy (non-hydrogen) atoms. The first kappa shape index (κ1) is 21.6. The van der Waals surface area contributed by atoms with Gasteiger partial charge in [0.05, 0.1) is 18.6 Å². The SMILES string of the molecule is CCCCC(CO)Nc1nc(N)nc(C)c1Cc1ccc([C@H](C)C(=O)O)cc1. The summed E-state index contributed by atoms with van der Waals surface area (Å²) in [6.45, 7) is 5.69. The third kappa shape index (κ3) is 5.66. The van der Waals surface area contributed by atoms with Crippen molar-refractivity contribution in [1.29, 1.82) is 0 Å². The number of anilines is 2. The Morgan fingerprint density at radius 2 is 1.93 bits per heavy atom. The van der Waals surface area contributed by atoms with E-state index in [1.807, 2.05) is 31.2 Å². The molecule has 0 saturated carbocycles. The zero-order valence-corrected chi connectivity index (χ0v) is 16.8. The largest absolute Gasteiger partial charge is 0.481 e. The molecule has 0 fully saturated rings. The number of hydrogen-bond acceptors (Lipinski definition) is 6. The number of aliphatic carboxylic acids is 1. The van der Waals surface area contributed by atoms with E-state index in [1.165, 1.54) is 0 Å². The maximum atomic E-state index is 11.1. The van der Waals surface area contributed by atoms with E-state index in [0.717, 1.165) is 41.6 Å². The quantitative estimate of drug-likeness (QED) is 0.495. The number of nitrogen functional groups attached to an aromatic ring is 1. The number of aliphatic hydroxyl groups excluding tert-OH is 1. The minimum absolute atomic E-state index is 0.0180. The number of aliphatic hydroxyl groups is 1. The lowest BCUT2D eigenvalue weighted by atomic mass is 9.97. The van der Waals surface area contributed by atoms with Gasteiger partial charge in [-0.15, -0.1) is 0 Å². The Balaban J connectivity index is 2.26. The molecule has 1 heterocycles. The van der Waals surface area contributed by atoms with Crippen LogP contribution in [0.25, 0.3) is 0 Å². The molecule has 1 aromatic heterocycles. The van der Waals surface area contributed by atoms with Gasteiger partial charge in [0.25, 0.3) is 0 Å². The predicted molar refractivity (Wildman–Crippen MR) is 111 cm³/mol. The first-order chi connectivity index (χ1) is 13.3. The van der Waals surface area contributed by atoms with Gasteiger partial charge in [-0.25, -0.2) is 4.98 Å². The fourth-order valence-corrected chi connectivity index (χ4v) is 3.07. The first-order valence-electron chi connectivity index (χ1n) is 9.67. The lowest BCUT2D eigenvalue weighted by molar-refractivity contribution is -0.138. The number of carboxylic acids is 1. The number of aromatic nitrogens is 2. The zero-order valence-electron chi connectivity index (χ0n) is 16.8. The Kier molecular flexibility index (Phi) is 7.75. The van der Waals surface area contributed by atoms with Crippen LogP contribution in [0.4, 0.5) is 11.8 Å². The third-order valence-electron chi connectivity index (χ3n) is 4.93. The normalized spacial score (nSPS) is 13.1. The first-order valence-corrected chi connectivity index (χ1v) is 9.67. The van der Waals surface area contributed by atoms with Crippen LogP contribution in [0.15, 0.2) is 24.3 Å². The fraction of sp³-hybridized carbons (Fsp3) is 0.476. The fourth-order valence-electron chi connectivity index (χ4n) is 3.07. The van der Waals surface area contributed by atoms with E-state index in [9.17, 15) is 9.90 Å². The van der Waals surface area contributed by atoms with Crippen molar-refractivity contribution in [3.8, 4) is 0 Å². The van der Waals surface area contributed by atoms with E-state index >= 15 is 0 Å². The Labute approximate surface area is 166 Å². The molecule has 1 aromatic carbocycles. The number of benzene rings is 1. The van der Waals surface area contributed by atoms with Gasteiger partial charge in [-0.2, -0.15) is 4.98 Å². The summed E-state index contributed by atoms with van der Waals surface area (Å²) in [5.41, 5.74) is 9.33. The van der Waals surface area contributed by atoms with E-state index in [2.05, 4.69) is 22.2 Å². The Morgan fingerprint density at radius 1 is 1.25 bits per heavy atom. The molecule has 0 aliphatic heterocycles. The molecule has 152 valence electrons. The van der Waals surface area contributed by atoms with Gasteiger partial charge in [-0.05, 0) is 31.4 Å². The molecule has 0 saturated heterocycles. The lowest BCUT2D eigenvalue weighted by Gasteiger charge is -2.20. The number of hydrogen-bond donors (Lipinski definition) is 4. The summed E-state index contributed by atoms with van der Waals surface area (Å²) in [4.78, 5) is 19.8. The Bertz CT molecular complexity index is 793. The van der Waals surface area contributed by atoms with Crippen molar-refractivity contribution in [1.82, 2.24) is 9.97 Å². The number of carboxylic acid groups (broad SMARTS) is 1. The molecule has 0 aliphatic rings. The molecule has 0 spiro atoms. The molecule has 0 radical (unpaired) electrons. The molecular weight excluding hydrogens is 356 g/mol. The van der Waals surface area contributed by atoms with Crippen molar-refractivity contribution in [3.05, 3.63) is 46.6 Å². The average Bonchev–Trinajstić information content (AvgIpc) is 2.67. The Morgan fingerprint density at radius 3 is 2.50 bits per heavy atom. The predicted octanol–water partition coefficient (Wildman–Crippen LogP) is 3.11. The van der Waals surface area contributed by atoms with Crippen molar-refractivity contribution < 1.29 is 15.0 Å². The standard InChI is InChI=1S/C21H30N4O3/c1-4-5-6-17(12-26)24-19-18(14(3)23-21(22)25-19)11-15-7-9-16(10-8-15)13(2)20(27)28/h7-10,13,17,26H,4-6,11-12H2,1-3H3,(H,27,28)(H3,22,23,24,25)/t13-,17?/m0/s1. The molecular formula is C21H30N4O3. The molecule has 2 atom stereocenters. The van der Waals surface area contributed by atoms with Crippen molar-refractivity contribution in [3.63, 3.8) is 0 Å². The molecule has 0 amide bonds. The maximum Gasteiger partial charge on any atom is 0.310 e. The summed E-state index contributed by atoms with van der Waals surface area (Å²) in [5, 5.41) is 22.1. The van der Waals surface area contributed by atoms with E-state index in [4.69, 9.17) is 10.8 Å². The number of rotatable bonds is 10. The summed E-state index contributed by atoms with van der Waals surface area (Å²) in [5.74, 6) is -0.550. The van der Waals surface area contributed by atoms with E-state index in [0.29, 0.717) is 12.2 Å². The molecule has 5 N–H and O–H groups in total. The van der Waals surface area contributed by atoms with Crippen LogP contribution in [0, 0.1) is 6.92 Å². The molecule has 0 bridgehead atoms. The minimum atomic E-state index is -0.843. The van der Waals surface area contributed by atoms with Crippen LogP contribution in [0.5, 0.6) is 0 Å². The summed E-state index contributed by atoms with van der Waals surface area (Å²) >= 11 is 0.